The van der Waals surface area contributed by atoms with Crippen LogP contribution in [0.2, 0.25) is 0 Å². The molecule has 2 aromatic rings. The third-order valence-electron chi connectivity index (χ3n) is 2.70. The highest BCUT2D eigenvalue weighted by molar-refractivity contribution is 9.11. The van der Waals surface area contributed by atoms with E-state index >= 15 is 0 Å². The number of carbonyl (C=O) groups is 1. The van der Waals surface area contributed by atoms with Crippen LogP contribution in [-0.2, 0) is 6.54 Å². The van der Waals surface area contributed by atoms with Gasteiger partial charge >= 0.3 is 0 Å². The molecule has 1 amide bonds. The van der Waals surface area contributed by atoms with E-state index in [-0.39, 0.29) is 18.1 Å². The Morgan fingerprint density at radius 3 is 2.43 bits per heavy atom. The molecule has 108 valence electrons. The molecule has 0 saturated carbocycles. The van der Waals surface area contributed by atoms with Crippen LogP contribution >= 0.6 is 31.9 Å². The van der Waals surface area contributed by atoms with Gasteiger partial charge in [0.15, 0.2) is 0 Å². The van der Waals surface area contributed by atoms with Gasteiger partial charge in [-0.2, -0.15) is 0 Å². The van der Waals surface area contributed by atoms with Crippen LogP contribution in [0.1, 0.15) is 15.9 Å². The minimum Gasteiger partial charge on any atom is -0.348 e. The monoisotopic (exact) mass is 412 g/mol. The Bertz CT molecular complexity index is 684. The van der Waals surface area contributed by atoms with Crippen LogP contribution in [0, 0.1) is 10.1 Å². The highest BCUT2D eigenvalue weighted by atomic mass is 79.9. The molecule has 2 rings (SSSR count). The van der Waals surface area contributed by atoms with Gasteiger partial charge < -0.3 is 5.32 Å². The van der Waals surface area contributed by atoms with Crippen molar-refractivity contribution in [3.8, 4) is 0 Å². The zero-order valence-corrected chi connectivity index (χ0v) is 13.8. The molecule has 1 N–H and O–H groups in total. The molecule has 0 aromatic heterocycles. The van der Waals surface area contributed by atoms with Crippen LogP contribution in [-0.4, -0.2) is 10.8 Å². The lowest BCUT2D eigenvalue weighted by Crippen LogP contribution is -2.22. The van der Waals surface area contributed by atoms with E-state index in [2.05, 4.69) is 37.2 Å². The van der Waals surface area contributed by atoms with E-state index < -0.39 is 4.92 Å². The van der Waals surface area contributed by atoms with Crippen molar-refractivity contribution < 1.29 is 9.72 Å². The van der Waals surface area contributed by atoms with Gasteiger partial charge in [-0.15, -0.1) is 0 Å². The van der Waals surface area contributed by atoms with Gasteiger partial charge in [-0.3, -0.25) is 14.9 Å². The minimum atomic E-state index is -0.462. The Kier molecular flexibility index (Phi) is 5.08. The lowest BCUT2D eigenvalue weighted by molar-refractivity contribution is -0.384. The van der Waals surface area contributed by atoms with Gasteiger partial charge in [0.1, 0.15) is 0 Å². The van der Waals surface area contributed by atoms with E-state index in [4.69, 9.17) is 0 Å². The smallest absolute Gasteiger partial charge is 0.269 e. The van der Waals surface area contributed by atoms with E-state index in [9.17, 15) is 14.9 Å². The molecule has 0 spiro atoms. The second-order valence-corrected chi connectivity index (χ2v) is 6.10. The van der Waals surface area contributed by atoms with Crippen molar-refractivity contribution in [3.05, 3.63) is 72.7 Å². The molecular formula is C14H10Br2N2O3. The summed E-state index contributed by atoms with van der Waals surface area (Å²) in [7, 11) is 0. The Balaban J connectivity index is 2.07. The van der Waals surface area contributed by atoms with Gasteiger partial charge in [-0.05, 0) is 23.8 Å². The summed E-state index contributed by atoms with van der Waals surface area (Å²) >= 11 is 6.64. The Morgan fingerprint density at radius 2 is 1.81 bits per heavy atom. The fourth-order valence-electron chi connectivity index (χ4n) is 1.75. The molecule has 0 aliphatic carbocycles. The molecule has 0 radical (unpaired) electrons. The number of carbonyl (C=O) groups excluding carboxylic acids is 1. The molecule has 7 heteroatoms. The number of non-ortho nitro benzene ring substituents is 1. The Labute approximate surface area is 137 Å². The number of amides is 1. The summed E-state index contributed by atoms with van der Waals surface area (Å²) < 4.78 is 1.58. The predicted octanol–water partition coefficient (Wildman–Crippen LogP) is 4.05. The third kappa shape index (κ3) is 4.37. The van der Waals surface area contributed by atoms with Crippen LogP contribution in [0.25, 0.3) is 0 Å². The molecule has 0 unspecified atom stereocenters. The highest BCUT2D eigenvalue weighted by Crippen LogP contribution is 2.20. The van der Waals surface area contributed by atoms with E-state index in [1.807, 2.05) is 6.07 Å². The summed E-state index contributed by atoms with van der Waals surface area (Å²) in [4.78, 5) is 22.3. The zero-order chi connectivity index (χ0) is 15.4. The molecule has 21 heavy (non-hydrogen) atoms. The van der Waals surface area contributed by atoms with E-state index in [0.29, 0.717) is 11.1 Å². The van der Waals surface area contributed by atoms with Crippen molar-refractivity contribution >= 4 is 43.5 Å². The minimum absolute atomic E-state index is 0.00643. The first-order chi connectivity index (χ1) is 9.95. The first-order valence-electron chi connectivity index (χ1n) is 5.93. The standard InChI is InChI=1S/C14H10Br2N2O3/c15-11-5-10(6-12(16)7-11)14(19)17-8-9-2-1-3-13(4-9)18(20)21/h1-7H,8H2,(H,17,19). The van der Waals surface area contributed by atoms with E-state index in [0.717, 1.165) is 8.95 Å². The van der Waals surface area contributed by atoms with Crippen molar-refractivity contribution in [2.45, 2.75) is 6.54 Å². The van der Waals surface area contributed by atoms with Crippen molar-refractivity contribution in [3.63, 3.8) is 0 Å². The van der Waals surface area contributed by atoms with Crippen LogP contribution in [0.4, 0.5) is 5.69 Å². The molecule has 0 aliphatic rings. The average molecular weight is 414 g/mol. The van der Waals surface area contributed by atoms with Crippen molar-refractivity contribution in [2.75, 3.05) is 0 Å². The molecule has 5 nitrogen and oxygen atoms in total. The summed E-state index contributed by atoms with van der Waals surface area (Å²) in [6.45, 7) is 0.227. The number of rotatable bonds is 4. The number of benzene rings is 2. The largest absolute Gasteiger partial charge is 0.348 e. The SMILES string of the molecule is O=C(NCc1cccc([N+](=O)[O-])c1)c1cc(Br)cc(Br)c1. The maximum atomic E-state index is 12.1. The average Bonchev–Trinajstić information content (AvgIpc) is 2.44. The fourth-order valence-corrected chi connectivity index (χ4v) is 3.04. The number of hydrogen-bond acceptors (Lipinski definition) is 3. The first-order valence-corrected chi connectivity index (χ1v) is 7.52. The normalized spacial score (nSPS) is 10.2. The summed E-state index contributed by atoms with van der Waals surface area (Å²) in [6.07, 6.45) is 0. The molecule has 0 saturated heterocycles. The Morgan fingerprint density at radius 1 is 1.14 bits per heavy atom. The number of nitrogens with zero attached hydrogens (tertiary/aromatic N) is 1. The van der Waals surface area contributed by atoms with Gasteiger partial charge in [0.2, 0.25) is 0 Å². The third-order valence-corrected chi connectivity index (χ3v) is 3.61. The van der Waals surface area contributed by atoms with Gasteiger partial charge in [0.05, 0.1) is 4.92 Å². The van der Waals surface area contributed by atoms with Crippen LogP contribution in [0.15, 0.2) is 51.4 Å². The molecule has 0 aliphatic heterocycles. The first kappa shape index (κ1) is 15.7. The quantitative estimate of drug-likeness (QED) is 0.607. The summed E-state index contributed by atoms with van der Waals surface area (Å²) in [6, 6.07) is 11.4. The molecule has 0 fully saturated rings. The van der Waals surface area contributed by atoms with Crippen LogP contribution in [0.3, 0.4) is 0 Å². The number of nitrogens with one attached hydrogen (secondary N) is 1. The number of halogens is 2. The molecular weight excluding hydrogens is 404 g/mol. The lowest BCUT2D eigenvalue weighted by atomic mass is 10.2. The lowest BCUT2D eigenvalue weighted by Gasteiger charge is -2.06. The highest BCUT2D eigenvalue weighted by Gasteiger charge is 2.09. The molecule has 0 bridgehead atoms. The Hall–Kier alpha value is -1.73. The second kappa shape index (κ2) is 6.82. The summed E-state index contributed by atoms with van der Waals surface area (Å²) in [5, 5.41) is 13.4. The van der Waals surface area contributed by atoms with E-state index in [1.54, 1.807) is 24.3 Å². The number of nitro benzene ring substituents is 1. The number of nitro groups is 1. The maximum absolute atomic E-state index is 12.1. The number of hydrogen-bond donors (Lipinski definition) is 1. The molecule has 0 atom stereocenters. The fraction of sp³-hybridized carbons (Fsp3) is 0.0714. The van der Waals surface area contributed by atoms with Crippen molar-refractivity contribution in [1.82, 2.24) is 5.32 Å². The van der Waals surface area contributed by atoms with Crippen molar-refractivity contribution in [2.24, 2.45) is 0 Å². The second-order valence-electron chi connectivity index (χ2n) is 4.27. The van der Waals surface area contributed by atoms with Gasteiger partial charge in [-0.25, -0.2) is 0 Å². The predicted molar refractivity (Wildman–Crippen MR) is 86.1 cm³/mol. The maximum Gasteiger partial charge on any atom is 0.269 e. The van der Waals surface area contributed by atoms with E-state index in [1.165, 1.54) is 12.1 Å². The van der Waals surface area contributed by atoms with Gasteiger partial charge in [0, 0.05) is 33.2 Å². The molecule has 2 aromatic carbocycles. The molecule has 0 heterocycles. The summed E-state index contributed by atoms with van der Waals surface area (Å²) in [5.74, 6) is -0.247. The van der Waals surface area contributed by atoms with Crippen molar-refractivity contribution in [1.29, 1.82) is 0 Å². The van der Waals surface area contributed by atoms with Crippen LogP contribution in [0.5, 0.6) is 0 Å². The van der Waals surface area contributed by atoms with Gasteiger partial charge in [-0.1, -0.05) is 44.0 Å². The zero-order valence-electron chi connectivity index (χ0n) is 10.7. The van der Waals surface area contributed by atoms with Crippen LogP contribution < -0.4 is 5.32 Å². The van der Waals surface area contributed by atoms with Gasteiger partial charge in [0.25, 0.3) is 11.6 Å². The summed E-state index contributed by atoms with van der Waals surface area (Å²) in [5.41, 5.74) is 1.18. The topological polar surface area (TPSA) is 72.2 Å².